The standard InChI is InChI=1S/C16H26N2O4S/c1-3-21-15-8-7-14(13-16(15)22-4-2)9-10-17-23(19,20)18-11-5-6-12-18/h7-8,13,17H,3-6,9-12H2,1-2H3. The summed E-state index contributed by atoms with van der Waals surface area (Å²) >= 11 is 0. The van der Waals surface area contributed by atoms with Crippen LogP contribution in [0.1, 0.15) is 32.3 Å². The molecule has 0 spiro atoms. The molecule has 0 saturated carbocycles. The maximum absolute atomic E-state index is 12.1. The van der Waals surface area contributed by atoms with E-state index >= 15 is 0 Å². The van der Waals surface area contributed by atoms with Crippen molar-refractivity contribution in [3.8, 4) is 11.5 Å². The van der Waals surface area contributed by atoms with Gasteiger partial charge in [0.05, 0.1) is 13.2 Å². The van der Waals surface area contributed by atoms with Gasteiger partial charge in [-0.15, -0.1) is 0 Å². The van der Waals surface area contributed by atoms with E-state index in [1.54, 1.807) is 0 Å². The highest BCUT2D eigenvalue weighted by molar-refractivity contribution is 7.87. The molecule has 0 bridgehead atoms. The maximum atomic E-state index is 12.1. The van der Waals surface area contributed by atoms with E-state index in [1.807, 2.05) is 32.0 Å². The van der Waals surface area contributed by atoms with Crippen LogP contribution in [0.5, 0.6) is 11.5 Å². The molecule has 1 fully saturated rings. The minimum Gasteiger partial charge on any atom is -0.490 e. The van der Waals surface area contributed by atoms with Gasteiger partial charge in [0.1, 0.15) is 0 Å². The Kier molecular flexibility index (Phi) is 6.68. The second kappa shape index (κ2) is 8.52. The lowest BCUT2D eigenvalue weighted by molar-refractivity contribution is 0.287. The Bertz CT molecular complexity index is 598. The van der Waals surface area contributed by atoms with Gasteiger partial charge in [-0.1, -0.05) is 6.07 Å². The highest BCUT2D eigenvalue weighted by atomic mass is 32.2. The van der Waals surface area contributed by atoms with Gasteiger partial charge >= 0.3 is 0 Å². The summed E-state index contributed by atoms with van der Waals surface area (Å²) in [5.74, 6) is 1.42. The fraction of sp³-hybridized carbons (Fsp3) is 0.625. The summed E-state index contributed by atoms with van der Waals surface area (Å²) in [6.07, 6.45) is 2.49. The summed E-state index contributed by atoms with van der Waals surface area (Å²) in [6.45, 7) is 6.60. The molecule has 0 aliphatic carbocycles. The topological polar surface area (TPSA) is 67.9 Å². The number of hydrogen-bond acceptors (Lipinski definition) is 4. The zero-order valence-corrected chi connectivity index (χ0v) is 14.7. The van der Waals surface area contributed by atoms with Crippen LogP contribution in [0.25, 0.3) is 0 Å². The molecule has 1 heterocycles. The van der Waals surface area contributed by atoms with Crippen LogP contribution >= 0.6 is 0 Å². The summed E-state index contributed by atoms with van der Waals surface area (Å²) in [5.41, 5.74) is 1.01. The van der Waals surface area contributed by atoms with Crippen molar-refractivity contribution in [1.82, 2.24) is 9.03 Å². The molecule has 7 heteroatoms. The smallest absolute Gasteiger partial charge is 0.279 e. The Morgan fingerprint density at radius 1 is 1.09 bits per heavy atom. The third-order valence-corrected chi connectivity index (χ3v) is 5.32. The molecule has 0 radical (unpaired) electrons. The fourth-order valence-electron chi connectivity index (χ4n) is 2.60. The van der Waals surface area contributed by atoms with Crippen LogP contribution in [0.4, 0.5) is 0 Å². The zero-order valence-electron chi connectivity index (χ0n) is 13.9. The molecule has 2 rings (SSSR count). The average Bonchev–Trinajstić information content (AvgIpc) is 3.05. The van der Waals surface area contributed by atoms with Gasteiger partial charge in [0.15, 0.2) is 11.5 Å². The van der Waals surface area contributed by atoms with E-state index in [9.17, 15) is 8.42 Å². The minimum absolute atomic E-state index is 0.373. The van der Waals surface area contributed by atoms with Gasteiger partial charge in [-0.2, -0.15) is 12.7 Å². The summed E-state index contributed by atoms with van der Waals surface area (Å²) in [5, 5.41) is 0. The van der Waals surface area contributed by atoms with Crippen LogP contribution < -0.4 is 14.2 Å². The Labute approximate surface area is 139 Å². The first-order valence-corrected chi connectivity index (χ1v) is 9.64. The predicted molar refractivity (Wildman–Crippen MR) is 90.2 cm³/mol. The zero-order chi connectivity index (χ0) is 16.7. The molecule has 0 amide bonds. The molecule has 1 N–H and O–H groups in total. The molecule has 0 atom stereocenters. The van der Waals surface area contributed by atoms with Crippen LogP contribution in [0.3, 0.4) is 0 Å². The molecule has 1 aliphatic heterocycles. The van der Waals surface area contributed by atoms with Crippen LogP contribution in [-0.4, -0.2) is 45.6 Å². The molecule has 130 valence electrons. The van der Waals surface area contributed by atoms with E-state index < -0.39 is 10.2 Å². The largest absolute Gasteiger partial charge is 0.490 e. The van der Waals surface area contributed by atoms with Gasteiger partial charge in [-0.25, -0.2) is 4.72 Å². The van der Waals surface area contributed by atoms with Crippen molar-refractivity contribution in [3.63, 3.8) is 0 Å². The molecule has 0 aromatic heterocycles. The van der Waals surface area contributed by atoms with E-state index in [-0.39, 0.29) is 0 Å². The Hall–Kier alpha value is -1.31. The third-order valence-electron chi connectivity index (χ3n) is 3.71. The van der Waals surface area contributed by atoms with Crippen molar-refractivity contribution in [2.45, 2.75) is 33.1 Å². The van der Waals surface area contributed by atoms with Crippen molar-refractivity contribution in [1.29, 1.82) is 0 Å². The minimum atomic E-state index is -3.34. The second-order valence-electron chi connectivity index (χ2n) is 5.40. The highest BCUT2D eigenvalue weighted by Gasteiger charge is 2.24. The molecule has 0 unspecified atom stereocenters. The van der Waals surface area contributed by atoms with Gasteiger partial charge in [-0.3, -0.25) is 0 Å². The molecule has 1 saturated heterocycles. The first kappa shape index (κ1) is 18.0. The summed E-state index contributed by atoms with van der Waals surface area (Å²) in [4.78, 5) is 0. The second-order valence-corrected chi connectivity index (χ2v) is 7.16. The number of rotatable bonds is 9. The Balaban J connectivity index is 1.93. The van der Waals surface area contributed by atoms with Gasteiger partial charge in [0.2, 0.25) is 0 Å². The molecule has 1 aromatic rings. The van der Waals surface area contributed by atoms with E-state index in [2.05, 4.69) is 4.72 Å². The number of hydrogen-bond donors (Lipinski definition) is 1. The van der Waals surface area contributed by atoms with Crippen LogP contribution in [0.15, 0.2) is 18.2 Å². The quantitative estimate of drug-likeness (QED) is 0.745. The van der Waals surface area contributed by atoms with E-state index in [4.69, 9.17) is 9.47 Å². The van der Waals surface area contributed by atoms with Gasteiger partial charge in [0.25, 0.3) is 10.2 Å². The molecular formula is C16H26N2O4S. The number of benzene rings is 1. The number of nitrogens with zero attached hydrogens (tertiary/aromatic N) is 1. The third kappa shape index (κ3) is 5.09. The monoisotopic (exact) mass is 342 g/mol. The molecule has 23 heavy (non-hydrogen) atoms. The van der Waals surface area contributed by atoms with Crippen molar-refractivity contribution < 1.29 is 17.9 Å². The van der Waals surface area contributed by atoms with E-state index in [0.717, 1.165) is 24.2 Å². The molecule has 1 aliphatic rings. The SMILES string of the molecule is CCOc1ccc(CCNS(=O)(=O)N2CCCC2)cc1OCC. The summed E-state index contributed by atoms with van der Waals surface area (Å²) in [6, 6.07) is 5.73. The van der Waals surface area contributed by atoms with Crippen molar-refractivity contribution >= 4 is 10.2 Å². The molecule has 6 nitrogen and oxygen atoms in total. The van der Waals surface area contributed by atoms with Crippen LogP contribution in [0, 0.1) is 0 Å². The van der Waals surface area contributed by atoms with Crippen molar-refractivity contribution in [2.24, 2.45) is 0 Å². The lowest BCUT2D eigenvalue weighted by Crippen LogP contribution is -2.39. The first-order valence-electron chi connectivity index (χ1n) is 8.20. The van der Waals surface area contributed by atoms with Crippen LogP contribution in [0.2, 0.25) is 0 Å². The lowest BCUT2D eigenvalue weighted by Gasteiger charge is -2.16. The average molecular weight is 342 g/mol. The molecule has 1 aromatic carbocycles. The van der Waals surface area contributed by atoms with Gasteiger partial charge < -0.3 is 9.47 Å². The fourth-order valence-corrected chi connectivity index (χ4v) is 3.88. The molecular weight excluding hydrogens is 316 g/mol. The van der Waals surface area contributed by atoms with Crippen molar-refractivity contribution in [3.05, 3.63) is 23.8 Å². The lowest BCUT2D eigenvalue weighted by atomic mass is 10.1. The highest BCUT2D eigenvalue weighted by Crippen LogP contribution is 2.28. The van der Waals surface area contributed by atoms with E-state index in [1.165, 1.54) is 4.31 Å². The summed E-state index contributed by atoms with van der Waals surface area (Å²) in [7, 11) is -3.34. The van der Waals surface area contributed by atoms with Gasteiger partial charge in [0, 0.05) is 19.6 Å². The number of ether oxygens (including phenoxy) is 2. The van der Waals surface area contributed by atoms with Crippen LogP contribution in [-0.2, 0) is 16.6 Å². The van der Waals surface area contributed by atoms with E-state index in [0.29, 0.717) is 45.0 Å². The normalized spacial score (nSPS) is 15.7. The van der Waals surface area contributed by atoms with Crippen molar-refractivity contribution in [2.75, 3.05) is 32.8 Å². The van der Waals surface area contributed by atoms with Gasteiger partial charge in [-0.05, 0) is 50.8 Å². The Morgan fingerprint density at radius 2 is 1.74 bits per heavy atom. The maximum Gasteiger partial charge on any atom is 0.279 e. The first-order chi connectivity index (χ1) is 11.1. The Morgan fingerprint density at radius 3 is 2.39 bits per heavy atom. The predicted octanol–water partition coefficient (Wildman–Crippen LogP) is 1.96. The summed E-state index contributed by atoms with van der Waals surface area (Å²) < 4.78 is 39.5. The number of nitrogens with one attached hydrogen (secondary N) is 1.